The SMILES string of the molecule is C[C@@H](C(=O)Nc1nncs1)C(c1ccccc1)c1ccc2c(cnn2-c2ccc(F)cc2)c1. The number of carbonyl (C=O) groups excluding carboxylic acids is 1. The van der Waals surface area contributed by atoms with Crippen LogP contribution in [0.2, 0.25) is 0 Å². The van der Waals surface area contributed by atoms with Crippen LogP contribution in [0.3, 0.4) is 0 Å². The zero-order chi connectivity index (χ0) is 22.8. The van der Waals surface area contributed by atoms with Crippen molar-refractivity contribution in [1.82, 2.24) is 20.0 Å². The van der Waals surface area contributed by atoms with Gasteiger partial charge in [-0.15, -0.1) is 10.2 Å². The van der Waals surface area contributed by atoms with E-state index in [4.69, 9.17) is 0 Å². The molecule has 5 rings (SSSR count). The number of nitrogens with zero attached hydrogens (tertiary/aromatic N) is 4. The lowest BCUT2D eigenvalue weighted by molar-refractivity contribution is -0.119. The van der Waals surface area contributed by atoms with Gasteiger partial charge in [-0.2, -0.15) is 5.10 Å². The zero-order valence-electron chi connectivity index (χ0n) is 17.7. The summed E-state index contributed by atoms with van der Waals surface area (Å²) in [7, 11) is 0. The number of halogens is 1. The second-order valence-electron chi connectivity index (χ2n) is 7.76. The first-order valence-corrected chi connectivity index (χ1v) is 11.3. The zero-order valence-corrected chi connectivity index (χ0v) is 18.5. The van der Waals surface area contributed by atoms with Crippen LogP contribution < -0.4 is 5.32 Å². The van der Waals surface area contributed by atoms with Gasteiger partial charge in [-0.05, 0) is 47.5 Å². The molecular weight excluding hydrogens is 437 g/mol. The lowest BCUT2D eigenvalue weighted by atomic mass is 9.81. The van der Waals surface area contributed by atoms with Crippen LogP contribution in [0.1, 0.15) is 24.0 Å². The first-order valence-electron chi connectivity index (χ1n) is 10.5. The van der Waals surface area contributed by atoms with Crippen LogP contribution in [0.4, 0.5) is 9.52 Å². The molecule has 0 aliphatic rings. The second kappa shape index (κ2) is 8.91. The summed E-state index contributed by atoms with van der Waals surface area (Å²) in [6, 6.07) is 22.3. The Morgan fingerprint density at radius 3 is 2.55 bits per heavy atom. The van der Waals surface area contributed by atoms with Crippen LogP contribution in [0.25, 0.3) is 16.6 Å². The molecule has 0 aliphatic carbocycles. The highest BCUT2D eigenvalue weighted by atomic mass is 32.1. The Bertz CT molecular complexity index is 1380. The summed E-state index contributed by atoms with van der Waals surface area (Å²) >= 11 is 1.29. The molecule has 5 aromatic rings. The third kappa shape index (κ3) is 4.25. The van der Waals surface area contributed by atoms with E-state index < -0.39 is 0 Å². The normalized spacial score (nSPS) is 13.0. The van der Waals surface area contributed by atoms with Crippen molar-refractivity contribution in [2.75, 3.05) is 5.32 Å². The minimum Gasteiger partial charge on any atom is -0.300 e. The molecule has 0 radical (unpaired) electrons. The van der Waals surface area contributed by atoms with Gasteiger partial charge in [0.1, 0.15) is 11.3 Å². The lowest BCUT2D eigenvalue weighted by Gasteiger charge is -2.24. The molecule has 0 spiro atoms. The highest BCUT2D eigenvalue weighted by molar-refractivity contribution is 7.13. The molecule has 2 atom stereocenters. The third-order valence-electron chi connectivity index (χ3n) is 5.68. The molecule has 2 heterocycles. The van der Waals surface area contributed by atoms with E-state index >= 15 is 0 Å². The molecule has 1 unspecified atom stereocenters. The summed E-state index contributed by atoms with van der Waals surface area (Å²) in [5.41, 5.74) is 5.32. The summed E-state index contributed by atoms with van der Waals surface area (Å²) in [6.07, 6.45) is 1.79. The maximum Gasteiger partial charge on any atom is 0.229 e. The molecule has 0 saturated carbocycles. The van der Waals surface area contributed by atoms with Gasteiger partial charge in [0.2, 0.25) is 11.0 Å². The van der Waals surface area contributed by atoms with Crippen molar-refractivity contribution in [3.8, 4) is 5.69 Å². The monoisotopic (exact) mass is 457 g/mol. The van der Waals surface area contributed by atoms with Crippen LogP contribution in [-0.2, 0) is 4.79 Å². The Hall–Kier alpha value is -3.91. The highest BCUT2D eigenvalue weighted by Crippen LogP contribution is 2.35. The summed E-state index contributed by atoms with van der Waals surface area (Å²) in [5.74, 6) is -0.940. The number of fused-ring (bicyclic) bond motifs is 1. The van der Waals surface area contributed by atoms with Crippen molar-refractivity contribution >= 4 is 33.3 Å². The van der Waals surface area contributed by atoms with Crippen molar-refractivity contribution in [3.05, 3.63) is 101 Å². The van der Waals surface area contributed by atoms with Gasteiger partial charge in [0.05, 0.1) is 17.4 Å². The van der Waals surface area contributed by atoms with Crippen molar-refractivity contribution in [1.29, 1.82) is 0 Å². The molecule has 0 bridgehead atoms. The van der Waals surface area contributed by atoms with Gasteiger partial charge in [0.15, 0.2) is 0 Å². The number of benzene rings is 3. The standard InChI is InChI=1S/C25H20FN5OS/c1-16(24(32)29-25-30-27-15-33-25)23(17-5-3-2-4-6-17)18-7-12-22-19(13-18)14-28-31(22)21-10-8-20(26)9-11-21/h2-16,23H,1H3,(H,29,30,32)/t16-,23?/m1/s1. The summed E-state index contributed by atoms with van der Waals surface area (Å²) in [4.78, 5) is 13.1. The Morgan fingerprint density at radius 2 is 1.82 bits per heavy atom. The van der Waals surface area contributed by atoms with E-state index in [-0.39, 0.29) is 23.6 Å². The minimum atomic E-state index is -0.360. The second-order valence-corrected chi connectivity index (χ2v) is 8.59. The summed E-state index contributed by atoms with van der Waals surface area (Å²) in [5, 5.41) is 16.5. The average molecular weight is 458 g/mol. The minimum absolute atomic E-state index is 0.122. The van der Waals surface area contributed by atoms with Crippen molar-refractivity contribution in [3.63, 3.8) is 0 Å². The van der Waals surface area contributed by atoms with Gasteiger partial charge in [0, 0.05) is 17.2 Å². The number of aromatic nitrogens is 4. The summed E-state index contributed by atoms with van der Waals surface area (Å²) < 4.78 is 15.1. The van der Waals surface area contributed by atoms with Gasteiger partial charge in [-0.3, -0.25) is 4.79 Å². The molecule has 33 heavy (non-hydrogen) atoms. The predicted molar refractivity (Wildman–Crippen MR) is 127 cm³/mol. The molecule has 0 fully saturated rings. The van der Waals surface area contributed by atoms with Gasteiger partial charge >= 0.3 is 0 Å². The Labute approximate surface area is 193 Å². The molecule has 0 saturated heterocycles. The van der Waals surface area contributed by atoms with Crippen LogP contribution in [-0.4, -0.2) is 25.9 Å². The molecule has 2 aromatic heterocycles. The van der Waals surface area contributed by atoms with Crippen molar-refractivity contribution in [2.45, 2.75) is 12.8 Å². The molecule has 8 heteroatoms. The summed E-state index contributed by atoms with van der Waals surface area (Å²) in [6.45, 7) is 1.92. The van der Waals surface area contributed by atoms with Gasteiger partial charge in [0.25, 0.3) is 0 Å². The van der Waals surface area contributed by atoms with E-state index in [1.54, 1.807) is 28.5 Å². The smallest absolute Gasteiger partial charge is 0.229 e. The number of amides is 1. The number of hydrogen-bond donors (Lipinski definition) is 1. The van der Waals surface area contributed by atoms with Gasteiger partial charge in [-0.25, -0.2) is 9.07 Å². The maximum absolute atomic E-state index is 13.3. The molecule has 3 aromatic carbocycles. The van der Waals surface area contributed by atoms with E-state index in [0.29, 0.717) is 5.13 Å². The van der Waals surface area contributed by atoms with E-state index in [1.165, 1.54) is 23.5 Å². The van der Waals surface area contributed by atoms with Gasteiger partial charge in [-0.1, -0.05) is 54.7 Å². The largest absolute Gasteiger partial charge is 0.300 e. The van der Waals surface area contributed by atoms with Crippen molar-refractivity contribution in [2.24, 2.45) is 5.92 Å². The predicted octanol–water partition coefficient (Wildman–Crippen LogP) is 5.42. The topological polar surface area (TPSA) is 72.7 Å². The van der Waals surface area contributed by atoms with E-state index in [0.717, 1.165) is 27.7 Å². The maximum atomic E-state index is 13.3. The quantitative estimate of drug-likeness (QED) is 0.369. The molecule has 1 amide bonds. The van der Waals surface area contributed by atoms with Crippen LogP contribution >= 0.6 is 11.3 Å². The number of carbonyl (C=O) groups is 1. The number of nitrogens with one attached hydrogen (secondary N) is 1. The number of rotatable bonds is 6. The Balaban J connectivity index is 1.52. The van der Waals surface area contributed by atoms with Gasteiger partial charge < -0.3 is 5.32 Å². The molecule has 6 nitrogen and oxygen atoms in total. The molecular formula is C25H20FN5OS. The average Bonchev–Trinajstić information content (AvgIpc) is 3.50. The Kier molecular flexibility index (Phi) is 5.66. The lowest BCUT2D eigenvalue weighted by Crippen LogP contribution is -2.26. The van der Waals surface area contributed by atoms with Crippen LogP contribution in [0.5, 0.6) is 0 Å². The number of anilines is 1. The molecule has 0 aliphatic heterocycles. The molecule has 164 valence electrons. The first kappa shape index (κ1) is 21.0. The third-order valence-corrected chi connectivity index (χ3v) is 6.29. The first-order chi connectivity index (χ1) is 16.1. The fourth-order valence-corrected chi connectivity index (χ4v) is 4.51. The van der Waals surface area contributed by atoms with E-state index in [2.05, 4.69) is 26.7 Å². The van der Waals surface area contributed by atoms with Crippen LogP contribution in [0.15, 0.2) is 84.5 Å². The fourth-order valence-electron chi connectivity index (χ4n) is 4.06. The van der Waals surface area contributed by atoms with E-state index in [1.807, 2.05) is 49.4 Å². The van der Waals surface area contributed by atoms with Crippen molar-refractivity contribution < 1.29 is 9.18 Å². The van der Waals surface area contributed by atoms with E-state index in [9.17, 15) is 9.18 Å². The number of hydrogen-bond acceptors (Lipinski definition) is 5. The Morgan fingerprint density at radius 1 is 1.03 bits per heavy atom. The molecule has 1 N–H and O–H groups in total. The van der Waals surface area contributed by atoms with Crippen LogP contribution in [0, 0.1) is 11.7 Å². The fraction of sp³-hybridized carbons (Fsp3) is 0.120. The highest BCUT2D eigenvalue weighted by Gasteiger charge is 2.28.